The van der Waals surface area contributed by atoms with Crippen molar-refractivity contribution < 1.29 is 0 Å². The molecule has 0 aliphatic carbocycles. The van der Waals surface area contributed by atoms with Crippen LogP contribution >= 0.6 is 11.8 Å². The first-order valence-electron chi connectivity index (χ1n) is 4.55. The summed E-state index contributed by atoms with van der Waals surface area (Å²) in [6, 6.07) is 0. The highest BCUT2D eigenvalue weighted by Gasteiger charge is 2.10. The van der Waals surface area contributed by atoms with Crippen LogP contribution in [0, 0.1) is 13.8 Å². The van der Waals surface area contributed by atoms with E-state index < -0.39 is 0 Å². The van der Waals surface area contributed by atoms with Crippen molar-refractivity contribution in [2.75, 3.05) is 5.43 Å². The largest absolute Gasteiger partial charge is 0.308 e. The molecule has 4 N–H and O–H groups in total. The number of nitrogens with zero attached hydrogens (tertiary/aromatic N) is 4. The average Bonchev–Trinajstić information content (AvgIpc) is 2.67. The van der Waals surface area contributed by atoms with Gasteiger partial charge >= 0.3 is 0 Å². The highest BCUT2D eigenvalue weighted by atomic mass is 32.2. The fourth-order valence-corrected chi connectivity index (χ4v) is 1.93. The molecule has 0 fully saturated rings. The average molecular weight is 237 g/mol. The molecule has 2 heterocycles. The third-order valence-corrected chi connectivity index (χ3v) is 2.91. The van der Waals surface area contributed by atoms with Gasteiger partial charge in [-0.1, -0.05) is 0 Å². The molecule has 7 nitrogen and oxygen atoms in total. The van der Waals surface area contributed by atoms with Crippen molar-refractivity contribution in [1.82, 2.24) is 25.1 Å². The van der Waals surface area contributed by atoms with Gasteiger partial charge in [0, 0.05) is 5.56 Å². The molecular weight excluding hydrogens is 226 g/mol. The highest BCUT2D eigenvalue weighted by Crippen LogP contribution is 2.27. The topological polar surface area (TPSA) is 105 Å². The van der Waals surface area contributed by atoms with Crippen LogP contribution in [0.5, 0.6) is 0 Å². The molecule has 0 aliphatic heterocycles. The zero-order valence-corrected chi connectivity index (χ0v) is 9.67. The molecule has 0 unspecified atom stereocenters. The molecule has 16 heavy (non-hydrogen) atoms. The fraction of sp³-hybridized carbons (Fsp3) is 0.250. The van der Waals surface area contributed by atoms with Gasteiger partial charge in [-0.2, -0.15) is 0 Å². The van der Waals surface area contributed by atoms with Crippen molar-refractivity contribution in [2.24, 2.45) is 5.84 Å². The third-order valence-electron chi connectivity index (χ3n) is 1.94. The van der Waals surface area contributed by atoms with Crippen LogP contribution in [-0.4, -0.2) is 25.1 Å². The molecule has 84 valence electrons. The van der Waals surface area contributed by atoms with Gasteiger partial charge in [0.2, 0.25) is 5.16 Å². The van der Waals surface area contributed by atoms with Crippen molar-refractivity contribution >= 4 is 17.6 Å². The van der Waals surface area contributed by atoms with Gasteiger partial charge in [-0.25, -0.2) is 20.8 Å². The number of nitrogens with one attached hydrogen (secondary N) is 2. The van der Waals surface area contributed by atoms with Gasteiger partial charge in [0.05, 0.1) is 0 Å². The number of hydrogen-bond acceptors (Lipinski definition) is 7. The summed E-state index contributed by atoms with van der Waals surface area (Å²) in [5.41, 5.74) is 3.39. The minimum atomic E-state index is 0.602. The molecule has 0 aliphatic rings. The van der Waals surface area contributed by atoms with Crippen molar-refractivity contribution in [1.29, 1.82) is 0 Å². The summed E-state index contributed by atoms with van der Waals surface area (Å²) in [5, 5.41) is 8.20. The Kier molecular flexibility index (Phi) is 3.02. The van der Waals surface area contributed by atoms with Gasteiger partial charge in [0.25, 0.3) is 0 Å². The standard InChI is InChI=1S/C8H11N7S/c1-4-6(13-9)10-3-11-7(4)16-8-12-5(2)14-15-8/h3H,9H2,1-2H3,(H,10,11,13)(H,12,14,15). The Morgan fingerprint density at radius 1 is 1.38 bits per heavy atom. The molecule has 0 saturated carbocycles. The number of aryl methyl sites for hydroxylation is 1. The zero-order chi connectivity index (χ0) is 11.5. The molecule has 0 radical (unpaired) electrons. The van der Waals surface area contributed by atoms with E-state index in [1.807, 2.05) is 13.8 Å². The van der Waals surface area contributed by atoms with Crippen molar-refractivity contribution in [2.45, 2.75) is 24.0 Å². The lowest BCUT2D eigenvalue weighted by Crippen LogP contribution is -2.10. The van der Waals surface area contributed by atoms with Crippen LogP contribution in [0.25, 0.3) is 0 Å². The quantitative estimate of drug-likeness (QED) is 0.409. The third kappa shape index (κ3) is 2.12. The number of hydrazine groups is 1. The molecular formula is C8H11N7S. The Bertz CT molecular complexity index is 495. The van der Waals surface area contributed by atoms with E-state index >= 15 is 0 Å². The number of anilines is 1. The second kappa shape index (κ2) is 4.45. The van der Waals surface area contributed by atoms with Crippen LogP contribution in [0.2, 0.25) is 0 Å². The van der Waals surface area contributed by atoms with Crippen LogP contribution in [0.3, 0.4) is 0 Å². The number of hydrogen-bond donors (Lipinski definition) is 3. The number of nitrogen functional groups attached to an aromatic ring is 1. The Morgan fingerprint density at radius 2 is 2.19 bits per heavy atom. The first-order chi connectivity index (χ1) is 7.70. The van der Waals surface area contributed by atoms with Crippen LogP contribution in [0.1, 0.15) is 11.4 Å². The maximum absolute atomic E-state index is 5.33. The van der Waals surface area contributed by atoms with E-state index in [9.17, 15) is 0 Å². The SMILES string of the molecule is Cc1nc(Sc2ncnc(NN)c2C)n[nH]1. The molecule has 0 aromatic carbocycles. The predicted molar refractivity (Wildman–Crippen MR) is 59.8 cm³/mol. The summed E-state index contributed by atoms with van der Waals surface area (Å²) in [4.78, 5) is 12.3. The lowest BCUT2D eigenvalue weighted by molar-refractivity contribution is 0.951. The van der Waals surface area contributed by atoms with Crippen molar-refractivity contribution in [3.8, 4) is 0 Å². The molecule has 0 atom stereocenters. The number of H-pyrrole nitrogens is 1. The van der Waals surface area contributed by atoms with Gasteiger partial charge in [0.1, 0.15) is 23.0 Å². The van der Waals surface area contributed by atoms with E-state index in [0.29, 0.717) is 11.0 Å². The summed E-state index contributed by atoms with van der Waals surface area (Å²) >= 11 is 1.36. The molecule has 2 aromatic rings. The van der Waals surface area contributed by atoms with E-state index in [1.165, 1.54) is 18.1 Å². The molecule has 0 spiro atoms. The summed E-state index contributed by atoms with van der Waals surface area (Å²) in [6.07, 6.45) is 1.45. The Labute approximate surface area is 96.3 Å². The predicted octanol–water partition coefficient (Wildman–Crippen LogP) is 0.648. The molecule has 0 bridgehead atoms. The molecule has 2 rings (SSSR count). The Balaban J connectivity index is 2.28. The Morgan fingerprint density at radius 3 is 2.81 bits per heavy atom. The second-order valence-electron chi connectivity index (χ2n) is 3.10. The lowest BCUT2D eigenvalue weighted by Gasteiger charge is -2.05. The first kappa shape index (κ1) is 10.8. The first-order valence-corrected chi connectivity index (χ1v) is 5.37. The van der Waals surface area contributed by atoms with Crippen LogP contribution in [0.15, 0.2) is 16.5 Å². The normalized spacial score (nSPS) is 10.4. The second-order valence-corrected chi connectivity index (χ2v) is 4.06. The summed E-state index contributed by atoms with van der Waals surface area (Å²) in [7, 11) is 0. The monoisotopic (exact) mass is 237 g/mol. The zero-order valence-electron chi connectivity index (χ0n) is 8.85. The van der Waals surface area contributed by atoms with Gasteiger partial charge in [-0.05, 0) is 25.6 Å². The highest BCUT2D eigenvalue weighted by molar-refractivity contribution is 7.99. The maximum atomic E-state index is 5.33. The molecule has 0 amide bonds. The van der Waals surface area contributed by atoms with Crippen LogP contribution in [-0.2, 0) is 0 Å². The molecule has 8 heteroatoms. The molecule has 2 aromatic heterocycles. The number of aromatic nitrogens is 5. The van der Waals surface area contributed by atoms with E-state index in [4.69, 9.17) is 5.84 Å². The van der Waals surface area contributed by atoms with E-state index in [-0.39, 0.29) is 0 Å². The molecule has 0 saturated heterocycles. The number of nitrogens with two attached hydrogens (primary N) is 1. The van der Waals surface area contributed by atoms with E-state index in [2.05, 4.69) is 30.6 Å². The Hall–Kier alpha value is -1.67. The van der Waals surface area contributed by atoms with Crippen molar-refractivity contribution in [3.05, 3.63) is 17.7 Å². The number of rotatable bonds is 3. The van der Waals surface area contributed by atoms with Gasteiger partial charge in [-0.15, -0.1) is 5.10 Å². The van der Waals surface area contributed by atoms with Crippen molar-refractivity contribution in [3.63, 3.8) is 0 Å². The summed E-state index contributed by atoms with van der Waals surface area (Å²) in [5.74, 6) is 6.70. The van der Waals surface area contributed by atoms with Gasteiger partial charge in [0.15, 0.2) is 0 Å². The van der Waals surface area contributed by atoms with Gasteiger partial charge in [-0.3, -0.25) is 5.10 Å². The maximum Gasteiger partial charge on any atom is 0.214 e. The summed E-state index contributed by atoms with van der Waals surface area (Å²) < 4.78 is 0. The summed E-state index contributed by atoms with van der Waals surface area (Å²) in [6.45, 7) is 3.73. The minimum absolute atomic E-state index is 0.602. The van der Waals surface area contributed by atoms with Crippen LogP contribution in [0.4, 0.5) is 5.82 Å². The number of aromatic amines is 1. The van der Waals surface area contributed by atoms with Crippen LogP contribution < -0.4 is 11.3 Å². The smallest absolute Gasteiger partial charge is 0.214 e. The minimum Gasteiger partial charge on any atom is -0.308 e. The van der Waals surface area contributed by atoms with E-state index in [0.717, 1.165) is 16.4 Å². The van der Waals surface area contributed by atoms with E-state index in [1.54, 1.807) is 0 Å². The van der Waals surface area contributed by atoms with Gasteiger partial charge < -0.3 is 5.43 Å². The lowest BCUT2D eigenvalue weighted by atomic mass is 10.3. The fourth-order valence-electron chi connectivity index (χ4n) is 1.14.